The molecule has 0 amide bonds. The molecule has 0 radical (unpaired) electrons. The van der Waals surface area contributed by atoms with Crippen LogP contribution in [0.1, 0.15) is 25.8 Å². The number of nitrogens with two attached hydrogens (primary N) is 1. The lowest BCUT2D eigenvalue weighted by Crippen LogP contribution is -2.31. The molecule has 1 aromatic rings. The standard InChI is InChI=1S/C16H27N3O/c1-11(2)20-16-9-15(12(3)8-14(16)17)19-7-6-13(10-19)18(4)5/h8-9,11,13H,6-7,10,17H2,1-5H3. The number of hydrogen-bond donors (Lipinski definition) is 1. The van der Waals surface area contributed by atoms with E-state index in [0.717, 1.165) is 24.5 Å². The van der Waals surface area contributed by atoms with E-state index >= 15 is 0 Å². The third kappa shape index (κ3) is 3.18. The molecule has 4 heteroatoms. The number of nitrogen functional groups attached to an aromatic ring is 1. The van der Waals surface area contributed by atoms with Crippen LogP contribution in [0.15, 0.2) is 12.1 Å². The molecule has 0 aliphatic carbocycles. The molecular weight excluding hydrogens is 250 g/mol. The van der Waals surface area contributed by atoms with Crippen LogP contribution in [0.25, 0.3) is 0 Å². The average molecular weight is 277 g/mol. The fourth-order valence-corrected chi connectivity index (χ4v) is 2.78. The summed E-state index contributed by atoms with van der Waals surface area (Å²) in [6.07, 6.45) is 1.35. The smallest absolute Gasteiger partial charge is 0.144 e. The Morgan fingerprint density at radius 2 is 2.05 bits per heavy atom. The Balaban J connectivity index is 2.23. The van der Waals surface area contributed by atoms with Crippen molar-refractivity contribution >= 4 is 11.4 Å². The van der Waals surface area contributed by atoms with Gasteiger partial charge in [-0.1, -0.05) is 0 Å². The van der Waals surface area contributed by atoms with Gasteiger partial charge in [0.25, 0.3) is 0 Å². The third-order valence-electron chi connectivity index (χ3n) is 3.93. The lowest BCUT2D eigenvalue weighted by atomic mass is 10.1. The SMILES string of the molecule is Cc1cc(N)c(OC(C)C)cc1N1CCC(N(C)C)C1. The summed E-state index contributed by atoms with van der Waals surface area (Å²) >= 11 is 0. The number of aryl methyl sites for hydroxylation is 1. The third-order valence-corrected chi connectivity index (χ3v) is 3.93. The van der Waals surface area contributed by atoms with Gasteiger partial charge in [0, 0.05) is 30.9 Å². The van der Waals surface area contributed by atoms with Gasteiger partial charge in [-0.2, -0.15) is 0 Å². The molecule has 112 valence electrons. The highest BCUT2D eigenvalue weighted by atomic mass is 16.5. The minimum atomic E-state index is 0.140. The molecule has 1 unspecified atom stereocenters. The molecule has 1 saturated heterocycles. The molecule has 0 bridgehead atoms. The maximum absolute atomic E-state index is 6.06. The highest BCUT2D eigenvalue weighted by Gasteiger charge is 2.25. The van der Waals surface area contributed by atoms with Crippen LogP contribution in [0.4, 0.5) is 11.4 Å². The number of anilines is 2. The first kappa shape index (κ1) is 15.0. The zero-order chi connectivity index (χ0) is 14.9. The topological polar surface area (TPSA) is 41.7 Å². The summed E-state index contributed by atoms with van der Waals surface area (Å²) in [5, 5.41) is 0. The molecule has 4 nitrogen and oxygen atoms in total. The molecular formula is C16H27N3O. The van der Waals surface area contributed by atoms with Crippen LogP contribution in [0.5, 0.6) is 5.75 Å². The Bertz CT molecular complexity index is 471. The molecule has 1 heterocycles. The molecule has 0 spiro atoms. The number of benzene rings is 1. The summed E-state index contributed by atoms with van der Waals surface area (Å²) in [6.45, 7) is 8.33. The van der Waals surface area contributed by atoms with Gasteiger partial charge in [0.1, 0.15) is 5.75 Å². The van der Waals surface area contributed by atoms with Crippen molar-refractivity contribution in [3.05, 3.63) is 17.7 Å². The molecule has 1 atom stereocenters. The predicted octanol–water partition coefficient (Wildman–Crippen LogP) is 2.50. The summed E-state index contributed by atoms with van der Waals surface area (Å²) in [5.74, 6) is 0.800. The van der Waals surface area contributed by atoms with E-state index in [1.54, 1.807) is 0 Å². The van der Waals surface area contributed by atoms with Crippen molar-refractivity contribution in [2.75, 3.05) is 37.8 Å². The first-order valence-electron chi connectivity index (χ1n) is 7.36. The average Bonchev–Trinajstić information content (AvgIpc) is 2.81. The number of likely N-dealkylation sites (N-methyl/N-ethyl adjacent to an activating group) is 1. The fourth-order valence-electron chi connectivity index (χ4n) is 2.78. The van der Waals surface area contributed by atoms with Crippen LogP contribution in [-0.2, 0) is 0 Å². The van der Waals surface area contributed by atoms with Gasteiger partial charge in [0.05, 0.1) is 11.8 Å². The molecule has 20 heavy (non-hydrogen) atoms. The summed E-state index contributed by atoms with van der Waals surface area (Å²) < 4.78 is 5.81. The van der Waals surface area contributed by atoms with Crippen LogP contribution < -0.4 is 15.4 Å². The molecule has 1 aliphatic heterocycles. The minimum absolute atomic E-state index is 0.140. The molecule has 0 saturated carbocycles. The van der Waals surface area contributed by atoms with Crippen molar-refractivity contribution in [2.24, 2.45) is 0 Å². The quantitative estimate of drug-likeness (QED) is 0.859. The molecule has 1 aromatic carbocycles. The Hall–Kier alpha value is -1.42. The van der Waals surface area contributed by atoms with Gasteiger partial charge in [-0.3, -0.25) is 0 Å². The van der Waals surface area contributed by atoms with Gasteiger partial charge in [-0.15, -0.1) is 0 Å². The minimum Gasteiger partial charge on any atom is -0.489 e. The van der Waals surface area contributed by atoms with E-state index in [4.69, 9.17) is 10.5 Å². The molecule has 1 fully saturated rings. The Labute approximate surface area is 122 Å². The molecule has 2 rings (SSSR count). The highest BCUT2D eigenvalue weighted by Crippen LogP contribution is 2.34. The van der Waals surface area contributed by atoms with Crippen LogP contribution in [-0.4, -0.2) is 44.2 Å². The Morgan fingerprint density at radius 3 is 2.60 bits per heavy atom. The highest BCUT2D eigenvalue weighted by molar-refractivity contribution is 5.67. The maximum Gasteiger partial charge on any atom is 0.144 e. The monoisotopic (exact) mass is 277 g/mol. The van der Waals surface area contributed by atoms with Gasteiger partial charge in [0.2, 0.25) is 0 Å². The van der Waals surface area contributed by atoms with Gasteiger partial charge in [-0.25, -0.2) is 0 Å². The zero-order valence-corrected chi connectivity index (χ0v) is 13.3. The predicted molar refractivity (Wildman–Crippen MR) is 85.7 cm³/mol. The van der Waals surface area contributed by atoms with Crippen molar-refractivity contribution in [2.45, 2.75) is 39.3 Å². The summed E-state index contributed by atoms with van der Waals surface area (Å²) in [4.78, 5) is 4.74. The molecule has 2 N–H and O–H groups in total. The van der Waals surface area contributed by atoms with Gasteiger partial charge < -0.3 is 20.3 Å². The number of nitrogens with zero attached hydrogens (tertiary/aromatic N) is 2. The van der Waals surface area contributed by atoms with E-state index in [1.807, 2.05) is 19.9 Å². The number of rotatable bonds is 4. The Morgan fingerprint density at radius 1 is 1.35 bits per heavy atom. The second-order valence-electron chi connectivity index (χ2n) is 6.20. The van der Waals surface area contributed by atoms with Crippen molar-refractivity contribution in [3.8, 4) is 5.75 Å². The van der Waals surface area contributed by atoms with Crippen LogP contribution in [0, 0.1) is 6.92 Å². The van der Waals surface area contributed by atoms with E-state index in [2.05, 4.69) is 36.9 Å². The van der Waals surface area contributed by atoms with E-state index in [-0.39, 0.29) is 6.10 Å². The van der Waals surface area contributed by atoms with Crippen molar-refractivity contribution in [1.82, 2.24) is 4.90 Å². The Kier molecular flexibility index (Phi) is 4.43. The van der Waals surface area contributed by atoms with Crippen molar-refractivity contribution < 1.29 is 4.74 Å². The van der Waals surface area contributed by atoms with Gasteiger partial charge in [0.15, 0.2) is 0 Å². The van der Waals surface area contributed by atoms with E-state index in [9.17, 15) is 0 Å². The first-order chi connectivity index (χ1) is 9.38. The summed E-state index contributed by atoms with van der Waals surface area (Å²) in [6, 6.07) is 4.75. The van der Waals surface area contributed by atoms with Crippen LogP contribution in [0.2, 0.25) is 0 Å². The fraction of sp³-hybridized carbons (Fsp3) is 0.625. The summed E-state index contributed by atoms with van der Waals surface area (Å²) in [5.41, 5.74) is 9.26. The van der Waals surface area contributed by atoms with E-state index in [1.165, 1.54) is 17.7 Å². The largest absolute Gasteiger partial charge is 0.489 e. The molecule has 1 aliphatic rings. The second-order valence-corrected chi connectivity index (χ2v) is 6.20. The zero-order valence-electron chi connectivity index (χ0n) is 13.3. The number of ether oxygens (including phenoxy) is 1. The van der Waals surface area contributed by atoms with E-state index in [0.29, 0.717) is 6.04 Å². The number of hydrogen-bond acceptors (Lipinski definition) is 4. The maximum atomic E-state index is 6.06. The lowest BCUT2D eigenvalue weighted by molar-refractivity contribution is 0.244. The van der Waals surface area contributed by atoms with Crippen LogP contribution >= 0.6 is 0 Å². The van der Waals surface area contributed by atoms with Gasteiger partial charge in [-0.05, 0) is 52.9 Å². The molecule has 0 aromatic heterocycles. The van der Waals surface area contributed by atoms with Crippen molar-refractivity contribution in [1.29, 1.82) is 0 Å². The second kappa shape index (κ2) is 5.92. The van der Waals surface area contributed by atoms with Crippen molar-refractivity contribution in [3.63, 3.8) is 0 Å². The van der Waals surface area contributed by atoms with Crippen LogP contribution in [0.3, 0.4) is 0 Å². The lowest BCUT2D eigenvalue weighted by Gasteiger charge is -2.24. The van der Waals surface area contributed by atoms with E-state index < -0.39 is 0 Å². The normalized spacial score (nSPS) is 19.1. The van der Waals surface area contributed by atoms with Gasteiger partial charge >= 0.3 is 0 Å². The summed E-state index contributed by atoms with van der Waals surface area (Å²) in [7, 11) is 4.30. The first-order valence-corrected chi connectivity index (χ1v) is 7.36.